The van der Waals surface area contributed by atoms with Crippen LogP contribution in [0.15, 0.2) is 60.8 Å². The maximum atomic E-state index is 13.2. The molecule has 1 amide bonds. The lowest BCUT2D eigenvalue weighted by Crippen LogP contribution is -2.13. The van der Waals surface area contributed by atoms with Crippen LogP contribution in [0.25, 0.3) is 0 Å². The molecule has 25 heavy (non-hydrogen) atoms. The van der Waals surface area contributed by atoms with E-state index in [2.05, 4.69) is 15.6 Å². The van der Waals surface area contributed by atoms with E-state index in [0.717, 1.165) is 12.1 Å². The Hall–Kier alpha value is -3.35. The Balaban J connectivity index is 1.66. The standard InChI is InChI=1S/C18H12F3N3O/c19-12-2-4-13(5-3-12)23-14-6-8-17(22-10-14)24-18(25)11-1-7-15(20)16(21)9-11/h1-10,23H,(H,22,24,25). The number of carbonyl (C=O) groups is 1. The lowest BCUT2D eigenvalue weighted by Gasteiger charge is -2.08. The van der Waals surface area contributed by atoms with Crippen molar-refractivity contribution in [1.82, 2.24) is 4.98 Å². The SMILES string of the molecule is O=C(Nc1ccc(Nc2ccc(F)cc2)cn1)c1ccc(F)c(F)c1. The summed E-state index contributed by atoms with van der Waals surface area (Å²) in [5.41, 5.74) is 1.30. The molecular weight excluding hydrogens is 331 g/mol. The molecule has 1 heterocycles. The number of pyridine rings is 1. The Kier molecular flexibility index (Phi) is 4.65. The molecule has 0 spiro atoms. The van der Waals surface area contributed by atoms with Gasteiger partial charge in [-0.3, -0.25) is 4.79 Å². The first-order valence-electron chi connectivity index (χ1n) is 7.26. The van der Waals surface area contributed by atoms with Crippen molar-refractivity contribution < 1.29 is 18.0 Å². The zero-order valence-electron chi connectivity index (χ0n) is 12.8. The Morgan fingerprint density at radius 3 is 2.20 bits per heavy atom. The van der Waals surface area contributed by atoms with Gasteiger partial charge in [0.05, 0.1) is 11.9 Å². The van der Waals surface area contributed by atoms with E-state index in [-0.39, 0.29) is 17.2 Å². The first-order valence-corrected chi connectivity index (χ1v) is 7.26. The second-order valence-corrected chi connectivity index (χ2v) is 5.15. The summed E-state index contributed by atoms with van der Waals surface area (Å²) >= 11 is 0. The molecule has 0 atom stereocenters. The largest absolute Gasteiger partial charge is 0.354 e. The zero-order chi connectivity index (χ0) is 17.8. The van der Waals surface area contributed by atoms with Gasteiger partial charge in [0.2, 0.25) is 0 Å². The van der Waals surface area contributed by atoms with Gasteiger partial charge in [-0.15, -0.1) is 0 Å². The summed E-state index contributed by atoms with van der Waals surface area (Å²) in [7, 11) is 0. The topological polar surface area (TPSA) is 54.0 Å². The summed E-state index contributed by atoms with van der Waals surface area (Å²) < 4.78 is 38.9. The molecule has 0 saturated heterocycles. The summed E-state index contributed by atoms with van der Waals surface area (Å²) in [6.45, 7) is 0. The fraction of sp³-hybridized carbons (Fsp3) is 0. The van der Waals surface area contributed by atoms with Crippen molar-refractivity contribution >= 4 is 23.1 Å². The van der Waals surface area contributed by atoms with Crippen LogP contribution in [0.1, 0.15) is 10.4 Å². The zero-order valence-corrected chi connectivity index (χ0v) is 12.8. The van der Waals surface area contributed by atoms with Crippen LogP contribution in [0.2, 0.25) is 0 Å². The fourth-order valence-corrected chi connectivity index (χ4v) is 2.07. The van der Waals surface area contributed by atoms with Gasteiger partial charge < -0.3 is 10.6 Å². The maximum Gasteiger partial charge on any atom is 0.256 e. The van der Waals surface area contributed by atoms with Crippen LogP contribution in [-0.2, 0) is 0 Å². The molecule has 2 aromatic carbocycles. The molecule has 7 heteroatoms. The molecule has 2 N–H and O–H groups in total. The molecule has 3 aromatic rings. The van der Waals surface area contributed by atoms with E-state index >= 15 is 0 Å². The van der Waals surface area contributed by atoms with Crippen LogP contribution in [0.5, 0.6) is 0 Å². The molecule has 0 radical (unpaired) electrons. The molecule has 4 nitrogen and oxygen atoms in total. The normalized spacial score (nSPS) is 10.4. The number of halogens is 3. The van der Waals surface area contributed by atoms with E-state index < -0.39 is 17.5 Å². The number of carbonyl (C=O) groups excluding carboxylic acids is 1. The third-order valence-electron chi connectivity index (χ3n) is 3.32. The van der Waals surface area contributed by atoms with E-state index in [1.54, 1.807) is 24.3 Å². The van der Waals surface area contributed by atoms with Crippen molar-refractivity contribution in [3.63, 3.8) is 0 Å². The molecule has 1 aromatic heterocycles. The molecule has 0 aliphatic rings. The molecule has 3 rings (SSSR count). The van der Waals surface area contributed by atoms with E-state index in [1.165, 1.54) is 24.4 Å². The summed E-state index contributed by atoms with van der Waals surface area (Å²) in [4.78, 5) is 16.1. The second kappa shape index (κ2) is 7.04. The van der Waals surface area contributed by atoms with Crippen molar-refractivity contribution in [3.8, 4) is 0 Å². The molecule has 0 saturated carbocycles. The Morgan fingerprint density at radius 1 is 0.840 bits per heavy atom. The highest BCUT2D eigenvalue weighted by atomic mass is 19.2. The van der Waals surface area contributed by atoms with Crippen LogP contribution in [0.3, 0.4) is 0 Å². The van der Waals surface area contributed by atoms with Crippen LogP contribution >= 0.6 is 0 Å². The summed E-state index contributed by atoms with van der Waals surface area (Å²) in [6.07, 6.45) is 1.48. The quantitative estimate of drug-likeness (QED) is 0.734. The minimum absolute atomic E-state index is 0.0192. The predicted octanol–water partition coefficient (Wildman–Crippen LogP) is 4.49. The molecule has 0 aliphatic carbocycles. The van der Waals surface area contributed by atoms with Gasteiger partial charge in [0.15, 0.2) is 11.6 Å². The van der Waals surface area contributed by atoms with Crippen molar-refractivity contribution in [3.05, 3.63) is 83.8 Å². The van der Waals surface area contributed by atoms with Crippen molar-refractivity contribution in [1.29, 1.82) is 0 Å². The molecule has 0 bridgehead atoms. The lowest BCUT2D eigenvalue weighted by atomic mass is 10.2. The fourth-order valence-electron chi connectivity index (χ4n) is 2.07. The predicted molar refractivity (Wildman–Crippen MR) is 88.2 cm³/mol. The van der Waals surface area contributed by atoms with Crippen LogP contribution in [0, 0.1) is 17.5 Å². The van der Waals surface area contributed by atoms with Crippen LogP contribution in [-0.4, -0.2) is 10.9 Å². The Morgan fingerprint density at radius 2 is 1.56 bits per heavy atom. The first kappa shape index (κ1) is 16.5. The lowest BCUT2D eigenvalue weighted by molar-refractivity contribution is 0.102. The highest BCUT2D eigenvalue weighted by molar-refractivity contribution is 6.03. The van der Waals surface area contributed by atoms with E-state index in [1.807, 2.05) is 0 Å². The summed E-state index contributed by atoms with van der Waals surface area (Å²) in [5.74, 6) is -2.81. The smallest absolute Gasteiger partial charge is 0.256 e. The third kappa shape index (κ3) is 4.14. The van der Waals surface area contributed by atoms with Crippen LogP contribution < -0.4 is 10.6 Å². The van der Waals surface area contributed by atoms with E-state index in [0.29, 0.717) is 11.4 Å². The number of benzene rings is 2. The summed E-state index contributed by atoms with van der Waals surface area (Å²) in [6, 6.07) is 11.9. The minimum Gasteiger partial charge on any atom is -0.354 e. The number of hydrogen-bond donors (Lipinski definition) is 2. The van der Waals surface area contributed by atoms with E-state index in [9.17, 15) is 18.0 Å². The molecule has 126 valence electrons. The third-order valence-corrected chi connectivity index (χ3v) is 3.32. The second-order valence-electron chi connectivity index (χ2n) is 5.15. The maximum absolute atomic E-state index is 13.2. The molecule has 0 fully saturated rings. The van der Waals surface area contributed by atoms with E-state index in [4.69, 9.17) is 0 Å². The highest BCUT2D eigenvalue weighted by Crippen LogP contribution is 2.18. The number of nitrogens with zero attached hydrogens (tertiary/aromatic N) is 1. The first-order chi connectivity index (χ1) is 12.0. The van der Waals surface area contributed by atoms with Gasteiger partial charge in [-0.05, 0) is 54.6 Å². The molecule has 0 unspecified atom stereocenters. The number of hydrogen-bond acceptors (Lipinski definition) is 3. The van der Waals surface area contributed by atoms with Crippen molar-refractivity contribution in [2.45, 2.75) is 0 Å². The van der Waals surface area contributed by atoms with Gasteiger partial charge in [0.25, 0.3) is 5.91 Å². The Bertz CT molecular complexity index is 896. The number of rotatable bonds is 4. The average molecular weight is 343 g/mol. The van der Waals surface area contributed by atoms with Crippen molar-refractivity contribution in [2.24, 2.45) is 0 Å². The van der Waals surface area contributed by atoms with Gasteiger partial charge >= 0.3 is 0 Å². The molecular formula is C18H12F3N3O. The number of anilines is 3. The van der Waals surface area contributed by atoms with Crippen LogP contribution in [0.4, 0.5) is 30.4 Å². The summed E-state index contributed by atoms with van der Waals surface area (Å²) in [5, 5.41) is 5.51. The number of amides is 1. The van der Waals surface area contributed by atoms with Gasteiger partial charge in [0, 0.05) is 11.3 Å². The van der Waals surface area contributed by atoms with Gasteiger partial charge in [-0.2, -0.15) is 0 Å². The van der Waals surface area contributed by atoms with Gasteiger partial charge in [0.1, 0.15) is 11.6 Å². The minimum atomic E-state index is -1.10. The average Bonchev–Trinajstić information content (AvgIpc) is 2.61. The Labute approximate surface area is 141 Å². The van der Waals surface area contributed by atoms with Crippen molar-refractivity contribution in [2.75, 3.05) is 10.6 Å². The monoisotopic (exact) mass is 343 g/mol. The van der Waals surface area contributed by atoms with Gasteiger partial charge in [-0.1, -0.05) is 0 Å². The highest BCUT2D eigenvalue weighted by Gasteiger charge is 2.10. The molecule has 0 aliphatic heterocycles. The van der Waals surface area contributed by atoms with Gasteiger partial charge in [-0.25, -0.2) is 18.2 Å². The number of aromatic nitrogens is 1. The number of nitrogens with one attached hydrogen (secondary N) is 2.